The zero-order chi connectivity index (χ0) is 20.9. The number of phenols is 3. The summed E-state index contributed by atoms with van der Waals surface area (Å²) >= 11 is 0. The molecule has 0 saturated carbocycles. The normalized spacial score (nSPS) is 24.7. The zero-order valence-electron chi connectivity index (χ0n) is 15.4. The minimum absolute atomic E-state index is 0.0243. The lowest BCUT2D eigenvalue weighted by molar-refractivity contribution is -0.164. The highest BCUT2D eigenvalue weighted by Gasteiger charge is 2.37. The SMILES string of the molecule is CC1O[C@@H](c2c(O)cc3oc(-c4ccc(O)cc4)cc(=O)c3c2O)C[C@@H](O)[C@H]1O. The van der Waals surface area contributed by atoms with Crippen LogP contribution in [0.3, 0.4) is 0 Å². The largest absolute Gasteiger partial charge is 0.508 e. The van der Waals surface area contributed by atoms with Crippen LogP contribution in [0.25, 0.3) is 22.3 Å². The van der Waals surface area contributed by atoms with Gasteiger partial charge in [-0.1, -0.05) is 0 Å². The van der Waals surface area contributed by atoms with Gasteiger partial charge in [-0.3, -0.25) is 4.79 Å². The molecule has 0 spiro atoms. The van der Waals surface area contributed by atoms with Gasteiger partial charge in [-0.2, -0.15) is 0 Å². The topological polar surface area (TPSA) is 141 Å². The number of benzene rings is 2. The predicted molar refractivity (Wildman–Crippen MR) is 103 cm³/mol. The second-order valence-corrected chi connectivity index (χ2v) is 7.18. The van der Waals surface area contributed by atoms with Gasteiger partial charge < -0.3 is 34.7 Å². The van der Waals surface area contributed by atoms with Crippen LogP contribution < -0.4 is 5.43 Å². The van der Waals surface area contributed by atoms with Gasteiger partial charge in [0.15, 0.2) is 5.43 Å². The first-order valence-corrected chi connectivity index (χ1v) is 9.10. The van der Waals surface area contributed by atoms with E-state index >= 15 is 0 Å². The smallest absolute Gasteiger partial charge is 0.197 e. The van der Waals surface area contributed by atoms with Gasteiger partial charge in [0.2, 0.25) is 0 Å². The van der Waals surface area contributed by atoms with Crippen LogP contribution >= 0.6 is 0 Å². The number of aromatic hydroxyl groups is 3. The summed E-state index contributed by atoms with van der Waals surface area (Å²) in [5.41, 5.74) is -0.0623. The van der Waals surface area contributed by atoms with E-state index in [0.717, 1.165) is 0 Å². The first-order chi connectivity index (χ1) is 13.8. The Labute approximate surface area is 164 Å². The number of aliphatic hydroxyl groups is 2. The molecule has 1 saturated heterocycles. The van der Waals surface area contributed by atoms with Crippen LogP contribution in [0, 0.1) is 0 Å². The number of aliphatic hydroxyl groups excluding tert-OH is 2. The van der Waals surface area contributed by atoms with Crippen LogP contribution in [0.15, 0.2) is 45.6 Å². The molecule has 29 heavy (non-hydrogen) atoms. The summed E-state index contributed by atoms with van der Waals surface area (Å²) in [6.07, 6.45) is -3.90. The highest BCUT2D eigenvalue weighted by atomic mass is 16.5. The van der Waals surface area contributed by atoms with Crippen molar-refractivity contribution in [2.75, 3.05) is 0 Å². The number of hydrogen-bond acceptors (Lipinski definition) is 8. The van der Waals surface area contributed by atoms with Gasteiger partial charge in [0, 0.05) is 24.1 Å². The van der Waals surface area contributed by atoms with Gasteiger partial charge in [-0.25, -0.2) is 0 Å². The molecule has 0 amide bonds. The van der Waals surface area contributed by atoms with E-state index in [2.05, 4.69) is 0 Å². The first kappa shape index (κ1) is 19.3. The lowest BCUT2D eigenvalue weighted by atomic mass is 9.92. The number of rotatable bonds is 2. The summed E-state index contributed by atoms with van der Waals surface area (Å²) in [5.74, 6) is -0.588. The fourth-order valence-corrected chi connectivity index (χ4v) is 3.64. The number of fused-ring (bicyclic) bond motifs is 1. The van der Waals surface area contributed by atoms with E-state index in [1.807, 2.05) is 0 Å². The average Bonchev–Trinajstić information content (AvgIpc) is 2.65. The van der Waals surface area contributed by atoms with Gasteiger partial charge >= 0.3 is 0 Å². The third kappa shape index (κ3) is 3.31. The molecule has 1 aliphatic rings. The van der Waals surface area contributed by atoms with Crippen LogP contribution in [-0.2, 0) is 4.74 Å². The molecule has 2 heterocycles. The molecule has 8 nitrogen and oxygen atoms in total. The molecule has 8 heteroatoms. The Hall–Kier alpha value is -3.07. The third-order valence-corrected chi connectivity index (χ3v) is 5.19. The molecule has 0 radical (unpaired) electrons. The lowest BCUT2D eigenvalue weighted by Crippen LogP contribution is -2.43. The molecule has 3 aromatic rings. The maximum Gasteiger partial charge on any atom is 0.197 e. The van der Waals surface area contributed by atoms with Gasteiger partial charge in [0.1, 0.15) is 40.1 Å². The molecule has 0 bridgehead atoms. The summed E-state index contributed by atoms with van der Waals surface area (Å²) in [5, 5.41) is 50.4. The molecule has 4 rings (SSSR count). The van der Waals surface area contributed by atoms with E-state index in [0.29, 0.717) is 5.56 Å². The van der Waals surface area contributed by atoms with Gasteiger partial charge in [-0.15, -0.1) is 0 Å². The fourth-order valence-electron chi connectivity index (χ4n) is 3.64. The van der Waals surface area contributed by atoms with Gasteiger partial charge in [0.05, 0.1) is 23.9 Å². The monoisotopic (exact) mass is 400 g/mol. The average molecular weight is 400 g/mol. The van der Waals surface area contributed by atoms with E-state index in [1.165, 1.54) is 24.3 Å². The minimum Gasteiger partial charge on any atom is -0.508 e. The van der Waals surface area contributed by atoms with Crippen molar-refractivity contribution in [3.8, 4) is 28.6 Å². The van der Waals surface area contributed by atoms with Crippen LogP contribution in [0.1, 0.15) is 25.0 Å². The molecule has 5 N–H and O–H groups in total. The number of phenolic OH excluding ortho intramolecular Hbond substituents is 3. The van der Waals surface area contributed by atoms with E-state index in [-0.39, 0.29) is 40.2 Å². The van der Waals surface area contributed by atoms with Crippen molar-refractivity contribution in [2.45, 2.75) is 37.8 Å². The standard InChI is InChI=1S/C21H20O8/c1-9-20(26)14(25)8-16(28-9)18-13(24)7-17-19(21(18)27)12(23)6-15(29-17)10-2-4-11(22)5-3-10/h2-7,9,14,16,20,22,24-27H,8H2,1H3/t9?,14-,16-,20+/m1/s1. The Bertz CT molecular complexity index is 1110. The summed E-state index contributed by atoms with van der Waals surface area (Å²) in [4.78, 5) is 12.7. The van der Waals surface area contributed by atoms with E-state index in [9.17, 15) is 30.3 Å². The molecule has 4 atom stereocenters. The number of ether oxygens (including phenoxy) is 1. The van der Waals surface area contributed by atoms with Crippen LogP contribution in [-0.4, -0.2) is 43.8 Å². The van der Waals surface area contributed by atoms with E-state index in [1.54, 1.807) is 19.1 Å². The minimum atomic E-state index is -1.11. The van der Waals surface area contributed by atoms with Crippen molar-refractivity contribution in [3.63, 3.8) is 0 Å². The van der Waals surface area contributed by atoms with Crippen LogP contribution in [0.5, 0.6) is 17.2 Å². The van der Waals surface area contributed by atoms with Crippen molar-refractivity contribution in [1.82, 2.24) is 0 Å². The molecule has 2 aromatic carbocycles. The maximum absolute atomic E-state index is 12.7. The zero-order valence-corrected chi connectivity index (χ0v) is 15.4. The van der Waals surface area contributed by atoms with Crippen molar-refractivity contribution in [3.05, 3.63) is 52.2 Å². The summed E-state index contributed by atoms with van der Waals surface area (Å²) < 4.78 is 11.3. The molecule has 1 aliphatic heterocycles. The maximum atomic E-state index is 12.7. The molecular formula is C21H20O8. The Kier molecular flexibility index (Phi) is 4.70. The Morgan fingerprint density at radius 3 is 2.38 bits per heavy atom. The Morgan fingerprint density at radius 2 is 1.72 bits per heavy atom. The molecule has 152 valence electrons. The highest BCUT2D eigenvalue weighted by molar-refractivity contribution is 5.88. The third-order valence-electron chi connectivity index (χ3n) is 5.19. The molecule has 1 unspecified atom stereocenters. The predicted octanol–water partition coefficient (Wildman–Crippen LogP) is 2.15. The lowest BCUT2D eigenvalue weighted by Gasteiger charge is -2.36. The molecule has 1 aromatic heterocycles. The molecular weight excluding hydrogens is 380 g/mol. The van der Waals surface area contributed by atoms with E-state index < -0.39 is 35.6 Å². The number of hydrogen-bond donors (Lipinski definition) is 5. The Balaban J connectivity index is 1.84. The second-order valence-electron chi connectivity index (χ2n) is 7.18. The fraction of sp³-hybridized carbons (Fsp3) is 0.286. The van der Waals surface area contributed by atoms with Crippen molar-refractivity contribution < 1.29 is 34.7 Å². The van der Waals surface area contributed by atoms with Gasteiger partial charge in [-0.05, 0) is 31.2 Å². The Morgan fingerprint density at radius 1 is 1.03 bits per heavy atom. The second kappa shape index (κ2) is 7.07. The van der Waals surface area contributed by atoms with Crippen LogP contribution in [0.2, 0.25) is 0 Å². The quantitative estimate of drug-likeness (QED) is 0.441. The van der Waals surface area contributed by atoms with E-state index in [4.69, 9.17) is 9.15 Å². The van der Waals surface area contributed by atoms with Crippen molar-refractivity contribution in [1.29, 1.82) is 0 Å². The molecule has 0 aliphatic carbocycles. The summed E-state index contributed by atoms with van der Waals surface area (Å²) in [6.45, 7) is 1.56. The van der Waals surface area contributed by atoms with Crippen LogP contribution in [0.4, 0.5) is 0 Å². The summed E-state index contributed by atoms with van der Waals surface area (Å²) in [6, 6.07) is 8.44. The summed E-state index contributed by atoms with van der Waals surface area (Å²) in [7, 11) is 0. The van der Waals surface area contributed by atoms with Crippen molar-refractivity contribution in [2.24, 2.45) is 0 Å². The highest BCUT2D eigenvalue weighted by Crippen LogP contribution is 2.44. The van der Waals surface area contributed by atoms with Crippen molar-refractivity contribution >= 4 is 11.0 Å². The first-order valence-electron chi connectivity index (χ1n) is 9.10. The van der Waals surface area contributed by atoms with Gasteiger partial charge in [0.25, 0.3) is 0 Å². The molecule has 1 fully saturated rings.